The van der Waals surface area contributed by atoms with Crippen LogP contribution < -0.4 is 10.9 Å². The molecule has 3 aromatic heterocycles. The summed E-state index contributed by atoms with van der Waals surface area (Å²) >= 11 is 4.01. The second kappa shape index (κ2) is 6.99. The molecule has 0 aliphatic carbocycles. The van der Waals surface area contributed by atoms with Crippen LogP contribution in [-0.4, -0.2) is 31.8 Å². The molecule has 3 heterocycles. The number of rotatable bonds is 5. The van der Waals surface area contributed by atoms with E-state index in [4.69, 9.17) is 0 Å². The van der Waals surface area contributed by atoms with Gasteiger partial charge in [-0.25, -0.2) is 4.98 Å². The van der Waals surface area contributed by atoms with Crippen LogP contribution in [0.15, 0.2) is 16.0 Å². The second-order valence-electron chi connectivity index (χ2n) is 5.38. The third-order valence-electron chi connectivity index (χ3n) is 3.02. The lowest BCUT2D eigenvalue weighted by atomic mass is 10.2. The maximum atomic E-state index is 12.0. The number of fused-ring (bicyclic) bond motifs is 1. The van der Waals surface area contributed by atoms with Crippen LogP contribution in [0, 0.1) is 6.92 Å². The first kappa shape index (κ1) is 17.1. The zero-order chi connectivity index (χ0) is 17.3. The summed E-state index contributed by atoms with van der Waals surface area (Å²) in [5, 5.41) is 13.1. The number of nitrogens with zero attached hydrogens (tertiary/aromatic N) is 3. The topological polar surface area (TPSA) is 101 Å². The maximum absolute atomic E-state index is 12.0. The number of hydrogen-bond acceptors (Lipinski definition) is 8. The summed E-state index contributed by atoms with van der Waals surface area (Å²) in [6.07, 6.45) is 0. The Balaban J connectivity index is 1.64. The SMILES string of the molecule is Cc1cc2c(=O)[nH]c(SCC(=O)Nc3nnc(C(C)C)s3)nc2s1. The number of thiophene rings is 1. The number of nitrogens with one attached hydrogen (secondary N) is 2. The van der Waals surface area contributed by atoms with Gasteiger partial charge in [-0.3, -0.25) is 14.9 Å². The number of carbonyl (C=O) groups is 1. The first-order chi connectivity index (χ1) is 11.4. The minimum absolute atomic E-state index is 0.134. The Bertz CT molecular complexity index is 943. The molecule has 0 aliphatic heterocycles. The number of amides is 1. The summed E-state index contributed by atoms with van der Waals surface area (Å²) in [4.78, 5) is 32.8. The van der Waals surface area contributed by atoms with Crippen molar-refractivity contribution >= 4 is 55.7 Å². The minimum atomic E-state index is -0.212. The van der Waals surface area contributed by atoms with Crippen LogP contribution in [0.1, 0.15) is 29.7 Å². The molecule has 7 nitrogen and oxygen atoms in total. The number of aromatic nitrogens is 4. The summed E-state index contributed by atoms with van der Waals surface area (Å²) in [7, 11) is 0. The van der Waals surface area contributed by atoms with Gasteiger partial charge in [0.25, 0.3) is 5.56 Å². The molecular weight excluding hydrogens is 366 g/mol. The number of aromatic amines is 1. The maximum Gasteiger partial charge on any atom is 0.260 e. The van der Waals surface area contributed by atoms with Crippen LogP contribution in [0.5, 0.6) is 0 Å². The molecule has 1 amide bonds. The third kappa shape index (κ3) is 3.82. The van der Waals surface area contributed by atoms with E-state index in [9.17, 15) is 9.59 Å². The van der Waals surface area contributed by atoms with Crippen LogP contribution in [0.4, 0.5) is 5.13 Å². The zero-order valence-corrected chi connectivity index (χ0v) is 15.7. The van der Waals surface area contributed by atoms with Crippen LogP contribution in [-0.2, 0) is 4.79 Å². The highest BCUT2D eigenvalue weighted by atomic mass is 32.2. The average Bonchev–Trinajstić information content (AvgIpc) is 3.11. The van der Waals surface area contributed by atoms with Crippen LogP contribution >= 0.6 is 34.4 Å². The summed E-state index contributed by atoms with van der Waals surface area (Å²) in [6, 6.07) is 1.81. The zero-order valence-electron chi connectivity index (χ0n) is 13.2. The third-order valence-corrected chi connectivity index (χ3v) is 5.98. The van der Waals surface area contributed by atoms with Gasteiger partial charge in [-0.05, 0) is 13.0 Å². The van der Waals surface area contributed by atoms with Gasteiger partial charge < -0.3 is 4.98 Å². The van der Waals surface area contributed by atoms with Crippen LogP contribution in [0.3, 0.4) is 0 Å². The van der Waals surface area contributed by atoms with E-state index in [-0.39, 0.29) is 23.1 Å². The molecule has 126 valence electrons. The van der Waals surface area contributed by atoms with Crippen LogP contribution in [0.2, 0.25) is 0 Å². The summed E-state index contributed by atoms with van der Waals surface area (Å²) in [5.41, 5.74) is -0.182. The van der Waals surface area contributed by atoms with Gasteiger partial charge in [0.15, 0.2) is 5.16 Å². The van der Waals surface area contributed by atoms with Crippen molar-refractivity contribution in [2.24, 2.45) is 0 Å². The molecule has 10 heteroatoms. The number of thioether (sulfide) groups is 1. The summed E-state index contributed by atoms with van der Waals surface area (Å²) in [5.74, 6) is 0.199. The van der Waals surface area contributed by atoms with E-state index in [1.165, 1.54) is 34.4 Å². The van der Waals surface area contributed by atoms with Gasteiger partial charge in [0.05, 0.1) is 11.1 Å². The van der Waals surface area contributed by atoms with Gasteiger partial charge in [-0.15, -0.1) is 21.5 Å². The Kier molecular flexibility index (Phi) is 4.97. The van der Waals surface area contributed by atoms with Crippen molar-refractivity contribution in [2.45, 2.75) is 31.8 Å². The Morgan fingerprint density at radius 1 is 1.38 bits per heavy atom. The first-order valence-electron chi connectivity index (χ1n) is 7.19. The Morgan fingerprint density at radius 3 is 2.88 bits per heavy atom. The van der Waals surface area contributed by atoms with Crippen molar-refractivity contribution in [1.82, 2.24) is 20.2 Å². The van der Waals surface area contributed by atoms with Gasteiger partial charge in [0.1, 0.15) is 9.84 Å². The van der Waals surface area contributed by atoms with Crippen molar-refractivity contribution in [3.05, 3.63) is 26.3 Å². The fourth-order valence-corrected chi connectivity index (χ4v) is 4.27. The fraction of sp³-hybridized carbons (Fsp3) is 0.357. The number of hydrogen-bond donors (Lipinski definition) is 2. The van der Waals surface area contributed by atoms with Crippen molar-refractivity contribution in [3.8, 4) is 0 Å². The average molecular weight is 382 g/mol. The minimum Gasteiger partial charge on any atom is -0.301 e. The molecule has 0 unspecified atom stereocenters. The number of carbonyl (C=O) groups excluding carboxylic acids is 1. The number of anilines is 1. The normalized spacial score (nSPS) is 11.3. The Labute approximate surface area is 149 Å². The largest absolute Gasteiger partial charge is 0.301 e. The van der Waals surface area contributed by atoms with E-state index in [2.05, 4.69) is 25.5 Å². The smallest absolute Gasteiger partial charge is 0.260 e. The molecule has 0 aliphatic rings. The predicted octanol–water partition coefficient (Wildman–Crippen LogP) is 3.00. The highest BCUT2D eigenvalue weighted by Gasteiger charge is 2.12. The van der Waals surface area contributed by atoms with Crippen molar-refractivity contribution < 1.29 is 4.79 Å². The van der Waals surface area contributed by atoms with Gasteiger partial charge in [-0.2, -0.15) is 0 Å². The monoisotopic (exact) mass is 381 g/mol. The summed E-state index contributed by atoms with van der Waals surface area (Å²) < 4.78 is 0. The molecule has 0 spiro atoms. The molecule has 0 atom stereocenters. The standard InChI is InChI=1S/C14H15N5O2S3/c1-6(2)11-18-19-14(24-11)15-9(20)5-22-13-16-10(21)8-4-7(3)23-12(8)17-13/h4,6H,5H2,1-3H3,(H,15,19,20)(H,16,17,21). The molecule has 0 saturated heterocycles. The molecule has 0 radical (unpaired) electrons. The van der Waals surface area contributed by atoms with E-state index in [1.807, 2.05) is 26.8 Å². The highest BCUT2D eigenvalue weighted by Crippen LogP contribution is 2.24. The molecular formula is C14H15N5O2S3. The van der Waals surface area contributed by atoms with E-state index in [1.54, 1.807) is 0 Å². The molecule has 3 rings (SSSR count). The van der Waals surface area contributed by atoms with Crippen molar-refractivity contribution in [2.75, 3.05) is 11.1 Å². The predicted molar refractivity (Wildman–Crippen MR) is 98.3 cm³/mol. The molecule has 2 N–H and O–H groups in total. The van der Waals surface area contributed by atoms with Gasteiger partial charge in [-0.1, -0.05) is 36.9 Å². The highest BCUT2D eigenvalue weighted by molar-refractivity contribution is 7.99. The molecule has 3 aromatic rings. The Morgan fingerprint density at radius 2 is 2.17 bits per heavy atom. The lowest BCUT2D eigenvalue weighted by Gasteiger charge is -2.01. The molecule has 0 aromatic carbocycles. The van der Waals surface area contributed by atoms with E-state index >= 15 is 0 Å². The van der Waals surface area contributed by atoms with E-state index < -0.39 is 0 Å². The lowest BCUT2D eigenvalue weighted by molar-refractivity contribution is -0.113. The molecule has 24 heavy (non-hydrogen) atoms. The van der Waals surface area contributed by atoms with Crippen LogP contribution in [0.25, 0.3) is 10.2 Å². The fourth-order valence-electron chi connectivity index (χ4n) is 1.91. The van der Waals surface area contributed by atoms with Crippen molar-refractivity contribution in [1.29, 1.82) is 0 Å². The van der Waals surface area contributed by atoms with Gasteiger partial charge >= 0.3 is 0 Å². The van der Waals surface area contributed by atoms with E-state index in [0.717, 1.165) is 9.88 Å². The number of aryl methyl sites for hydroxylation is 1. The molecule has 0 bridgehead atoms. The molecule has 0 fully saturated rings. The van der Waals surface area contributed by atoms with Gasteiger partial charge in [0, 0.05) is 10.8 Å². The second-order valence-corrected chi connectivity index (χ2v) is 8.59. The van der Waals surface area contributed by atoms with Crippen molar-refractivity contribution in [3.63, 3.8) is 0 Å². The number of H-pyrrole nitrogens is 1. The quantitative estimate of drug-likeness (QED) is 0.520. The van der Waals surface area contributed by atoms with Gasteiger partial charge in [0.2, 0.25) is 11.0 Å². The first-order valence-corrected chi connectivity index (χ1v) is 9.80. The Hall–Kier alpha value is -1.78. The summed E-state index contributed by atoms with van der Waals surface area (Å²) in [6.45, 7) is 5.97. The lowest BCUT2D eigenvalue weighted by Crippen LogP contribution is -2.15. The van der Waals surface area contributed by atoms with E-state index in [0.29, 0.717) is 20.5 Å². The molecule has 0 saturated carbocycles.